The van der Waals surface area contributed by atoms with Crippen LogP contribution in [0.1, 0.15) is 12.0 Å². The van der Waals surface area contributed by atoms with Gasteiger partial charge in [0.15, 0.2) is 0 Å². The number of hydrogen-bond acceptors (Lipinski definition) is 3. The maximum absolute atomic E-state index is 11.6. The van der Waals surface area contributed by atoms with Gasteiger partial charge in [0.1, 0.15) is 5.65 Å². The molecule has 2 aromatic heterocycles. The Morgan fingerprint density at radius 3 is 3.12 bits per heavy atom. The van der Waals surface area contributed by atoms with Gasteiger partial charge in [-0.15, -0.1) is 0 Å². The molecule has 17 heavy (non-hydrogen) atoms. The van der Waals surface area contributed by atoms with Crippen molar-refractivity contribution in [3.63, 3.8) is 0 Å². The molecule has 1 amide bonds. The average Bonchev–Trinajstić information content (AvgIpc) is 2.85. The SMILES string of the molecule is NC1CC(=O)N(Cc2ccc3nccn3c2)C1. The molecule has 0 aliphatic carbocycles. The predicted molar refractivity (Wildman–Crippen MR) is 63.2 cm³/mol. The van der Waals surface area contributed by atoms with Crippen LogP contribution in [0, 0.1) is 0 Å². The summed E-state index contributed by atoms with van der Waals surface area (Å²) in [5.74, 6) is 0.142. The molecular formula is C12H14N4O. The molecule has 1 fully saturated rings. The molecule has 0 radical (unpaired) electrons. The smallest absolute Gasteiger partial charge is 0.224 e. The van der Waals surface area contributed by atoms with Crippen LogP contribution < -0.4 is 5.73 Å². The minimum atomic E-state index is -0.0144. The standard InChI is InChI=1S/C12H14N4O/c13-10-5-12(17)16(8-10)7-9-1-2-11-14-3-4-15(11)6-9/h1-4,6,10H,5,7-8,13H2. The van der Waals surface area contributed by atoms with Crippen LogP contribution in [0.15, 0.2) is 30.7 Å². The molecule has 5 heteroatoms. The second-order valence-corrected chi connectivity index (χ2v) is 4.47. The van der Waals surface area contributed by atoms with Gasteiger partial charge in [-0.05, 0) is 11.6 Å². The molecule has 2 N–H and O–H groups in total. The molecule has 0 spiro atoms. The lowest BCUT2D eigenvalue weighted by atomic mass is 10.2. The fourth-order valence-electron chi connectivity index (χ4n) is 2.24. The zero-order valence-corrected chi connectivity index (χ0v) is 9.41. The van der Waals surface area contributed by atoms with Gasteiger partial charge in [-0.1, -0.05) is 6.07 Å². The van der Waals surface area contributed by atoms with Crippen molar-refractivity contribution in [1.82, 2.24) is 14.3 Å². The van der Waals surface area contributed by atoms with Crippen molar-refractivity contribution in [2.45, 2.75) is 19.0 Å². The minimum absolute atomic E-state index is 0.0144. The monoisotopic (exact) mass is 230 g/mol. The summed E-state index contributed by atoms with van der Waals surface area (Å²) in [6.45, 7) is 1.28. The number of imidazole rings is 1. The molecular weight excluding hydrogens is 216 g/mol. The van der Waals surface area contributed by atoms with E-state index in [2.05, 4.69) is 4.98 Å². The molecule has 3 heterocycles. The number of nitrogens with two attached hydrogens (primary N) is 1. The second kappa shape index (κ2) is 3.85. The number of nitrogens with zero attached hydrogens (tertiary/aromatic N) is 3. The van der Waals surface area contributed by atoms with Gasteiger partial charge >= 0.3 is 0 Å². The van der Waals surface area contributed by atoms with Crippen molar-refractivity contribution in [1.29, 1.82) is 0 Å². The van der Waals surface area contributed by atoms with Crippen LogP contribution >= 0.6 is 0 Å². The second-order valence-electron chi connectivity index (χ2n) is 4.47. The van der Waals surface area contributed by atoms with E-state index >= 15 is 0 Å². The van der Waals surface area contributed by atoms with Gasteiger partial charge in [0, 0.05) is 44.1 Å². The Balaban J connectivity index is 1.82. The minimum Gasteiger partial charge on any atom is -0.337 e. The molecule has 0 saturated carbocycles. The highest BCUT2D eigenvalue weighted by molar-refractivity contribution is 5.79. The number of rotatable bonds is 2. The normalized spacial score (nSPS) is 20.4. The number of likely N-dealkylation sites (tertiary alicyclic amines) is 1. The Bertz CT molecular complexity index is 562. The van der Waals surface area contributed by atoms with E-state index in [1.54, 1.807) is 6.20 Å². The number of carbonyl (C=O) groups excluding carboxylic acids is 1. The molecule has 3 rings (SSSR count). The van der Waals surface area contributed by atoms with Gasteiger partial charge < -0.3 is 15.0 Å². The van der Waals surface area contributed by atoms with Gasteiger partial charge in [-0.3, -0.25) is 4.79 Å². The molecule has 1 unspecified atom stereocenters. The van der Waals surface area contributed by atoms with E-state index in [-0.39, 0.29) is 11.9 Å². The van der Waals surface area contributed by atoms with E-state index < -0.39 is 0 Å². The third-order valence-corrected chi connectivity index (χ3v) is 3.07. The summed E-state index contributed by atoms with van der Waals surface area (Å²) >= 11 is 0. The molecule has 1 aliphatic rings. The van der Waals surface area contributed by atoms with Gasteiger partial charge in [0.25, 0.3) is 0 Å². The van der Waals surface area contributed by atoms with Crippen LogP contribution in [-0.2, 0) is 11.3 Å². The van der Waals surface area contributed by atoms with Crippen LogP contribution in [0.4, 0.5) is 0 Å². The predicted octanol–water partition coefficient (Wildman–Crippen LogP) is 0.394. The van der Waals surface area contributed by atoms with Gasteiger partial charge in [0.2, 0.25) is 5.91 Å². The average molecular weight is 230 g/mol. The van der Waals surface area contributed by atoms with Crippen LogP contribution in [0.25, 0.3) is 5.65 Å². The Morgan fingerprint density at radius 2 is 2.35 bits per heavy atom. The Labute approximate surface area is 98.8 Å². The van der Waals surface area contributed by atoms with E-state index in [0.717, 1.165) is 11.2 Å². The molecule has 0 bridgehead atoms. The van der Waals surface area contributed by atoms with E-state index in [1.807, 2.05) is 33.8 Å². The highest BCUT2D eigenvalue weighted by Gasteiger charge is 2.26. The summed E-state index contributed by atoms with van der Waals surface area (Å²) in [5, 5.41) is 0. The zero-order valence-electron chi connectivity index (χ0n) is 9.41. The maximum Gasteiger partial charge on any atom is 0.224 e. The van der Waals surface area contributed by atoms with Crippen molar-refractivity contribution in [2.24, 2.45) is 5.73 Å². The molecule has 2 aromatic rings. The number of fused-ring (bicyclic) bond motifs is 1. The first-order valence-electron chi connectivity index (χ1n) is 5.67. The van der Waals surface area contributed by atoms with E-state index in [9.17, 15) is 4.79 Å². The molecule has 1 atom stereocenters. The Kier molecular flexibility index (Phi) is 2.33. The van der Waals surface area contributed by atoms with Crippen molar-refractivity contribution in [2.75, 3.05) is 6.54 Å². The number of carbonyl (C=O) groups is 1. The number of amides is 1. The van der Waals surface area contributed by atoms with Crippen molar-refractivity contribution in [3.05, 3.63) is 36.3 Å². The van der Waals surface area contributed by atoms with E-state index in [0.29, 0.717) is 19.5 Å². The van der Waals surface area contributed by atoms with Crippen LogP contribution in [0.2, 0.25) is 0 Å². The number of pyridine rings is 1. The highest BCUT2D eigenvalue weighted by Crippen LogP contribution is 2.14. The van der Waals surface area contributed by atoms with E-state index in [1.165, 1.54) is 0 Å². The molecule has 1 aliphatic heterocycles. The van der Waals surface area contributed by atoms with Crippen molar-refractivity contribution in [3.8, 4) is 0 Å². The largest absolute Gasteiger partial charge is 0.337 e. The topological polar surface area (TPSA) is 63.6 Å². The lowest BCUT2D eigenvalue weighted by molar-refractivity contribution is -0.128. The Hall–Kier alpha value is -1.88. The van der Waals surface area contributed by atoms with Gasteiger partial charge in [0.05, 0.1) is 0 Å². The number of aromatic nitrogens is 2. The summed E-state index contributed by atoms with van der Waals surface area (Å²) in [6, 6.07) is 3.94. The van der Waals surface area contributed by atoms with Gasteiger partial charge in [-0.25, -0.2) is 4.98 Å². The quantitative estimate of drug-likeness (QED) is 0.812. The number of hydrogen-bond donors (Lipinski definition) is 1. The van der Waals surface area contributed by atoms with Crippen LogP contribution in [-0.4, -0.2) is 32.8 Å². The first-order chi connectivity index (χ1) is 8.22. The molecule has 88 valence electrons. The highest BCUT2D eigenvalue weighted by atomic mass is 16.2. The maximum atomic E-state index is 11.6. The lowest BCUT2D eigenvalue weighted by Gasteiger charge is -2.15. The zero-order chi connectivity index (χ0) is 11.8. The molecule has 1 saturated heterocycles. The van der Waals surface area contributed by atoms with E-state index in [4.69, 9.17) is 5.73 Å². The fourth-order valence-corrected chi connectivity index (χ4v) is 2.24. The van der Waals surface area contributed by atoms with Gasteiger partial charge in [-0.2, -0.15) is 0 Å². The third-order valence-electron chi connectivity index (χ3n) is 3.07. The third kappa shape index (κ3) is 1.89. The summed E-state index contributed by atoms with van der Waals surface area (Å²) in [4.78, 5) is 17.6. The summed E-state index contributed by atoms with van der Waals surface area (Å²) < 4.78 is 1.95. The summed E-state index contributed by atoms with van der Waals surface area (Å²) in [7, 11) is 0. The Morgan fingerprint density at radius 1 is 1.47 bits per heavy atom. The lowest BCUT2D eigenvalue weighted by Crippen LogP contribution is -2.27. The molecule has 0 aromatic carbocycles. The van der Waals surface area contributed by atoms with Crippen molar-refractivity contribution < 1.29 is 4.79 Å². The van der Waals surface area contributed by atoms with Crippen LogP contribution in [0.3, 0.4) is 0 Å². The van der Waals surface area contributed by atoms with Crippen molar-refractivity contribution >= 4 is 11.6 Å². The first-order valence-corrected chi connectivity index (χ1v) is 5.67. The first kappa shape index (κ1) is 10.3. The summed E-state index contributed by atoms with van der Waals surface area (Å²) in [6.07, 6.45) is 6.12. The summed E-state index contributed by atoms with van der Waals surface area (Å²) in [5.41, 5.74) is 7.78. The molecule has 5 nitrogen and oxygen atoms in total. The fraction of sp³-hybridized carbons (Fsp3) is 0.333. The van der Waals surface area contributed by atoms with Crippen LogP contribution in [0.5, 0.6) is 0 Å².